The Labute approximate surface area is 183 Å². The molecule has 0 radical (unpaired) electrons. The minimum absolute atomic E-state index is 0.203. The summed E-state index contributed by atoms with van der Waals surface area (Å²) >= 11 is 0. The summed E-state index contributed by atoms with van der Waals surface area (Å²) in [5.74, 6) is 1.47. The standard InChI is InChI=1S/C25H30N2O4/c1-18-16-25(29,21-9-6-10-23(15-21)30-2)27(26-18)24(28)17-31-22-13-11-20(12-14-22)19-7-4-3-5-8-19/h6,9-15,19,29H,3-5,7-8,16-17H2,1-2H3/t25-/m1/s1. The Morgan fingerprint density at radius 2 is 1.87 bits per heavy atom. The van der Waals surface area contributed by atoms with Gasteiger partial charge in [0.05, 0.1) is 7.11 Å². The van der Waals surface area contributed by atoms with Crippen molar-refractivity contribution in [2.75, 3.05) is 13.7 Å². The van der Waals surface area contributed by atoms with Gasteiger partial charge in [-0.1, -0.05) is 43.5 Å². The highest BCUT2D eigenvalue weighted by Crippen LogP contribution is 2.37. The van der Waals surface area contributed by atoms with Gasteiger partial charge in [0.15, 0.2) is 12.3 Å². The zero-order valence-electron chi connectivity index (χ0n) is 18.2. The molecule has 1 saturated carbocycles. The second-order valence-corrected chi connectivity index (χ2v) is 8.46. The van der Waals surface area contributed by atoms with Crippen LogP contribution >= 0.6 is 0 Å². The maximum absolute atomic E-state index is 12.9. The first kappa shape index (κ1) is 21.4. The number of hydrogen-bond acceptors (Lipinski definition) is 5. The van der Waals surface area contributed by atoms with E-state index in [2.05, 4.69) is 17.2 Å². The molecule has 1 fully saturated rings. The predicted molar refractivity (Wildman–Crippen MR) is 119 cm³/mol. The number of methoxy groups -OCH3 is 1. The molecule has 164 valence electrons. The number of hydrogen-bond donors (Lipinski definition) is 1. The van der Waals surface area contributed by atoms with Gasteiger partial charge in [0, 0.05) is 17.7 Å². The van der Waals surface area contributed by atoms with Crippen LogP contribution in [0.3, 0.4) is 0 Å². The number of nitrogens with zero attached hydrogens (tertiary/aromatic N) is 2. The highest BCUT2D eigenvalue weighted by molar-refractivity contribution is 5.89. The molecule has 4 rings (SSSR count). The summed E-state index contributed by atoms with van der Waals surface area (Å²) in [5, 5.41) is 16.8. The molecule has 0 saturated heterocycles. The lowest BCUT2D eigenvalue weighted by Crippen LogP contribution is -2.45. The number of rotatable bonds is 6. The van der Waals surface area contributed by atoms with E-state index in [1.165, 1.54) is 37.7 Å². The summed E-state index contributed by atoms with van der Waals surface area (Å²) in [6.45, 7) is 1.59. The number of ether oxygens (including phenoxy) is 2. The normalized spacial score (nSPS) is 21.6. The van der Waals surface area contributed by atoms with Crippen LogP contribution in [0.1, 0.15) is 62.5 Å². The molecule has 0 unspecified atom stereocenters. The number of benzene rings is 2. The molecule has 2 aliphatic rings. The smallest absolute Gasteiger partial charge is 0.283 e. The molecule has 1 N–H and O–H groups in total. The van der Waals surface area contributed by atoms with Crippen molar-refractivity contribution >= 4 is 11.6 Å². The van der Waals surface area contributed by atoms with Gasteiger partial charge in [-0.2, -0.15) is 10.1 Å². The van der Waals surface area contributed by atoms with Gasteiger partial charge >= 0.3 is 0 Å². The van der Waals surface area contributed by atoms with Crippen LogP contribution in [0.5, 0.6) is 11.5 Å². The predicted octanol–water partition coefficient (Wildman–Crippen LogP) is 4.58. The van der Waals surface area contributed by atoms with Crippen LogP contribution in [0, 0.1) is 0 Å². The van der Waals surface area contributed by atoms with Crippen LogP contribution < -0.4 is 9.47 Å². The first-order valence-corrected chi connectivity index (χ1v) is 11.0. The van der Waals surface area contributed by atoms with E-state index in [4.69, 9.17) is 9.47 Å². The molecule has 1 aliphatic carbocycles. The third-order valence-electron chi connectivity index (χ3n) is 6.21. The Morgan fingerprint density at radius 3 is 2.58 bits per heavy atom. The Bertz CT molecular complexity index is 950. The number of amides is 1. The summed E-state index contributed by atoms with van der Waals surface area (Å²) in [7, 11) is 1.57. The fraction of sp³-hybridized carbons (Fsp3) is 0.440. The second-order valence-electron chi connectivity index (χ2n) is 8.46. The Hall–Kier alpha value is -2.86. The Balaban J connectivity index is 1.43. The molecular weight excluding hydrogens is 392 g/mol. The third kappa shape index (κ3) is 4.59. The van der Waals surface area contributed by atoms with Crippen molar-refractivity contribution in [3.8, 4) is 11.5 Å². The van der Waals surface area contributed by atoms with E-state index in [9.17, 15) is 9.90 Å². The van der Waals surface area contributed by atoms with Crippen molar-refractivity contribution in [2.45, 2.75) is 57.1 Å². The van der Waals surface area contributed by atoms with Crippen LogP contribution in [0.2, 0.25) is 0 Å². The zero-order valence-corrected chi connectivity index (χ0v) is 18.2. The topological polar surface area (TPSA) is 71.4 Å². The minimum Gasteiger partial charge on any atom is -0.497 e. The fourth-order valence-corrected chi connectivity index (χ4v) is 4.56. The molecule has 1 atom stereocenters. The fourth-order valence-electron chi connectivity index (χ4n) is 4.56. The van der Waals surface area contributed by atoms with E-state index in [1.807, 2.05) is 12.1 Å². The van der Waals surface area contributed by atoms with Gasteiger partial charge in [0.25, 0.3) is 5.91 Å². The van der Waals surface area contributed by atoms with Crippen LogP contribution in [-0.2, 0) is 10.5 Å². The van der Waals surface area contributed by atoms with E-state index in [1.54, 1.807) is 38.3 Å². The van der Waals surface area contributed by atoms with Crippen LogP contribution in [-0.4, -0.2) is 35.5 Å². The number of aliphatic hydroxyl groups is 1. The van der Waals surface area contributed by atoms with E-state index >= 15 is 0 Å². The van der Waals surface area contributed by atoms with Crippen LogP contribution in [0.4, 0.5) is 0 Å². The van der Waals surface area contributed by atoms with Crippen molar-refractivity contribution in [3.63, 3.8) is 0 Å². The maximum Gasteiger partial charge on any atom is 0.283 e. The average Bonchev–Trinajstić information content (AvgIpc) is 3.13. The largest absolute Gasteiger partial charge is 0.497 e. The van der Waals surface area contributed by atoms with Crippen molar-refractivity contribution < 1.29 is 19.4 Å². The van der Waals surface area contributed by atoms with Gasteiger partial charge < -0.3 is 14.6 Å². The van der Waals surface area contributed by atoms with Gasteiger partial charge in [-0.3, -0.25) is 4.79 Å². The average molecular weight is 423 g/mol. The van der Waals surface area contributed by atoms with Crippen molar-refractivity contribution in [1.82, 2.24) is 5.01 Å². The molecule has 2 aromatic rings. The number of carbonyl (C=O) groups is 1. The first-order chi connectivity index (χ1) is 15.0. The first-order valence-electron chi connectivity index (χ1n) is 11.0. The summed E-state index contributed by atoms with van der Waals surface area (Å²) in [4.78, 5) is 12.9. The van der Waals surface area contributed by atoms with Crippen LogP contribution in [0.25, 0.3) is 0 Å². The lowest BCUT2D eigenvalue weighted by molar-refractivity contribution is -0.159. The highest BCUT2D eigenvalue weighted by atomic mass is 16.5. The maximum atomic E-state index is 12.9. The quantitative estimate of drug-likeness (QED) is 0.740. The summed E-state index contributed by atoms with van der Waals surface area (Å²) in [5.41, 5.74) is 1.02. The van der Waals surface area contributed by atoms with E-state index < -0.39 is 11.6 Å². The van der Waals surface area contributed by atoms with Gasteiger partial charge in [-0.25, -0.2) is 0 Å². The molecule has 1 amide bonds. The number of hydrazone groups is 1. The highest BCUT2D eigenvalue weighted by Gasteiger charge is 2.45. The van der Waals surface area contributed by atoms with E-state index in [-0.39, 0.29) is 13.0 Å². The van der Waals surface area contributed by atoms with Crippen molar-refractivity contribution in [2.24, 2.45) is 5.10 Å². The molecule has 1 aliphatic heterocycles. The summed E-state index contributed by atoms with van der Waals surface area (Å²) in [6, 6.07) is 15.1. The molecule has 1 heterocycles. The van der Waals surface area contributed by atoms with Crippen molar-refractivity contribution in [3.05, 3.63) is 59.7 Å². The van der Waals surface area contributed by atoms with Gasteiger partial charge in [0.1, 0.15) is 11.5 Å². The summed E-state index contributed by atoms with van der Waals surface area (Å²) in [6.07, 6.45) is 6.65. The number of carbonyl (C=O) groups excluding carboxylic acids is 1. The van der Waals surface area contributed by atoms with Crippen molar-refractivity contribution in [1.29, 1.82) is 0 Å². The molecule has 0 spiro atoms. The Morgan fingerprint density at radius 1 is 1.13 bits per heavy atom. The molecule has 6 nitrogen and oxygen atoms in total. The third-order valence-corrected chi connectivity index (χ3v) is 6.21. The minimum atomic E-state index is -1.55. The van der Waals surface area contributed by atoms with Gasteiger partial charge in [-0.05, 0) is 55.5 Å². The summed E-state index contributed by atoms with van der Waals surface area (Å²) < 4.78 is 11.0. The van der Waals surface area contributed by atoms with E-state index in [0.29, 0.717) is 28.7 Å². The van der Waals surface area contributed by atoms with Gasteiger partial charge in [-0.15, -0.1) is 0 Å². The zero-order chi connectivity index (χ0) is 21.8. The molecule has 2 aromatic carbocycles. The molecular formula is C25H30N2O4. The molecule has 0 aromatic heterocycles. The Kier molecular flexibility index (Phi) is 6.28. The second kappa shape index (κ2) is 9.10. The lowest BCUT2D eigenvalue weighted by atomic mass is 9.84. The van der Waals surface area contributed by atoms with E-state index in [0.717, 1.165) is 5.01 Å². The lowest BCUT2D eigenvalue weighted by Gasteiger charge is -2.31. The van der Waals surface area contributed by atoms with Gasteiger partial charge in [0.2, 0.25) is 0 Å². The van der Waals surface area contributed by atoms with Crippen LogP contribution in [0.15, 0.2) is 53.6 Å². The molecule has 31 heavy (non-hydrogen) atoms. The monoisotopic (exact) mass is 422 g/mol. The SMILES string of the molecule is COc1cccc([C@]2(O)CC(C)=NN2C(=O)COc2ccc(C3CCCCC3)cc2)c1. The molecule has 0 bridgehead atoms. The molecule has 6 heteroatoms.